The third-order valence-electron chi connectivity index (χ3n) is 3.85. The molecule has 0 radical (unpaired) electrons. The van der Waals surface area contributed by atoms with Crippen LogP contribution < -0.4 is 15.8 Å². The van der Waals surface area contributed by atoms with Crippen molar-refractivity contribution in [2.45, 2.75) is 19.4 Å². The number of methoxy groups -OCH3 is 1. The summed E-state index contributed by atoms with van der Waals surface area (Å²) in [5.41, 5.74) is 6.53. The van der Waals surface area contributed by atoms with Crippen molar-refractivity contribution in [2.24, 2.45) is 11.7 Å². The van der Waals surface area contributed by atoms with Crippen LogP contribution in [0.3, 0.4) is 0 Å². The second kappa shape index (κ2) is 6.61. The van der Waals surface area contributed by atoms with E-state index in [-0.39, 0.29) is 18.5 Å². The van der Waals surface area contributed by atoms with E-state index in [4.69, 9.17) is 10.5 Å². The number of ether oxygens (including phenoxy) is 1. The van der Waals surface area contributed by atoms with Gasteiger partial charge in [0.15, 0.2) is 0 Å². The van der Waals surface area contributed by atoms with Gasteiger partial charge in [-0.25, -0.2) is 0 Å². The zero-order valence-corrected chi connectivity index (χ0v) is 12.1. The summed E-state index contributed by atoms with van der Waals surface area (Å²) in [6.07, 6.45) is 0.997. The molecule has 0 aromatic heterocycles. The lowest BCUT2D eigenvalue weighted by molar-refractivity contribution is -0.129. The fraction of sp³-hybridized carbons (Fsp3) is 0.533. The number of nitrogens with two attached hydrogens (primary N) is 1. The van der Waals surface area contributed by atoms with Crippen LogP contribution in [-0.4, -0.2) is 43.6 Å². The number of rotatable bonds is 5. The number of nitrogens with one attached hydrogen (secondary N) is 1. The number of likely N-dealkylation sites (tertiary alicyclic amines) is 1. The number of hydrogen-bond acceptors (Lipinski definition) is 4. The monoisotopic (exact) mass is 277 g/mol. The summed E-state index contributed by atoms with van der Waals surface area (Å²) in [5, 5.41) is 3.15. The Labute approximate surface area is 120 Å². The highest BCUT2D eigenvalue weighted by molar-refractivity contribution is 5.82. The van der Waals surface area contributed by atoms with Gasteiger partial charge in [0.1, 0.15) is 5.75 Å². The molecule has 0 aliphatic carbocycles. The molecule has 2 unspecified atom stereocenters. The second-order valence-electron chi connectivity index (χ2n) is 5.29. The molecule has 3 N–H and O–H groups in total. The summed E-state index contributed by atoms with van der Waals surface area (Å²) in [7, 11) is 1.62. The zero-order chi connectivity index (χ0) is 14.5. The first-order chi connectivity index (χ1) is 9.65. The van der Waals surface area contributed by atoms with E-state index in [2.05, 4.69) is 12.2 Å². The Balaban J connectivity index is 1.92. The molecule has 1 aromatic carbocycles. The van der Waals surface area contributed by atoms with E-state index >= 15 is 0 Å². The maximum absolute atomic E-state index is 12.3. The van der Waals surface area contributed by atoms with Crippen molar-refractivity contribution >= 4 is 11.6 Å². The van der Waals surface area contributed by atoms with Crippen LogP contribution in [0.1, 0.15) is 13.3 Å². The summed E-state index contributed by atoms with van der Waals surface area (Å²) in [6.45, 7) is 3.77. The Hall–Kier alpha value is -1.75. The maximum Gasteiger partial charge on any atom is 0.242 e. The van der Waals surface area contributed by atoms with Crippen LogP contribution >= 0.6 is 0 Å². The van der Waals surface area contributed by atoms with Gasteiger partial charge in [0.05, 0.1) is 19.3 Å². The number of amides is 1. The number of carbonyl (C=O) groups excluding carboxylic acids is 1. The molecule has 1 saturated heterocycles. The van der Waals surface area contributed by atoms with E-state index in [0.29, 0.717) is 12.5 Å². The van der Waals surface area contributed by atoms with Gasteiger partial charge in [-0.3, -0.25) is 4.79 Å². The molecule has 2 rings (SSSR count). The first-order valence-corrected chi connectivity index (χ1v) is 7.02. The van der Waals surface area contributed by atoms with E-state index in [1.165, 1.54) is 0 Å². The molecule has 0 saturated carbocycles. The number of nitrogens with zero attached hydrogens (tertiary/aromatic N) is 1. The predicted molar refractivity (Wildman–Crippen MR) is 79.8 cm³/mol. The summed E-state index contributed by atoms with van der Waals surface area (Å²) in [6, 6.07) is 7.87. The predicted octanol–water partition coefficient (Wildman–Crippen LogP) is 1.30. The van der Waals surface area contributed by atoms with Gasteiger partial charge in [0, 0.05) is 12.6 Å². The Morgan fingerprint density at radius 3 is 2.90 bits per heavy atom. The Morgan fingerprint density at radius 1 is 1.50 bits per heavy atom. The summed E-state index contributed by atoms with van der Waals surface area (Å²) in [5.74, 6) is 1.29. The van der Waals surface area contributed by atoms with Crippen molar-refractivity contribution < 1.29 is 9.53 Å². The van der Waals surface area contributed by atoms with Gasteiger partial charge in [0.25, 0.3) is 0 Å². The van der Waals surface area contributed by atoms with Crippen LogP contribution in [0.25, 0.3) is 0 Å². The molecular formula is C15H23N3O2. The van der Waals surface area contributed by atoms with Crippen LogP contribution in [0.4, 0.5) is 5.69 Å². The van der Waals surface area contributed by atoms with Gasteiger partial charge in [0.2, 0.25) is 5.91 Å². The first-order valence-electron chi connectivity index (χ1n) is 7.02. The molecule has 1 fully saturated rings. The van der Waals surface area contributed by atoms with E-state index < -0.39 is 0 Å². The molecule has 2 atom stereocenters. The zero-order valence-electron chi connectivity index (χ0n) is 12.1. The highest BCUT2D eigenvalue weighted by atomic mass is 16.5. The molecule has 1 amide bonds. The number of para-hydroxylation sites is 2. The van der Waals surface area contributed by atoms with E-state index in [1.54, 1.807) is 7.11 Å². The molecule has 110 valence electrons. The fourth-order valence-corrected chi connectivity index (χ4v) is 2.72. The topological polar surface area (TPSA) is 67.6 Å². The quantitative estimate of drug-likeness (QED) is 0.851. The minimum absolute atomic E-state index is 0.111. The number of anilines is 1. The van der Waals surface area contributed by atoms with Gasteiger partial charge < -0.3 is 20.7 Å². The van der Waals surface area contributed by atoms with Gasteiger partial charge in [-0.2, -0.15) is 0 Å². The number of hydrogen-bond donors (Lipinski definition) is 2. The van der Waals surface area contributed by atoms with E-state index in [1.807, 2.05) is 29.2 Å². The molecule has 1 aliphatic rings. The molecule has 1 heterocycles. The maximum atomic E-state index is 12.3. The molecule has 20 heavy (non-hydrogen) atoms. The highest BCUT2D eigenvalue weighted by Crippen LogP contribution is 2.24. The third kappa shape index (κ3) is 3.22. The molecule has 1 aliphatic heterocycles. The van der Waals surface area contributed by atoms with Crippen molar-refractivity contribution in [3.63, 3.8) is 0 Å². The minimum Gasteiger partial charge on any atom is -0.495 e. The minimum atomic E-state index is 0.111. The molecule has 5 heteroatoms. The smallest absolute Gasteiger partial charge is 0.242 e. The van der Waals surface area contributed by atoms with Crippen LogP contribution in [0.15, 0.2) is 24.3 Å². The van der Waals surface area contributed by atoms with Gasteiger partial charge >= 0.3 is 0 Å². The number of benzene rings is 1. The Kier molecular flexibility index (Phi) is 4.84. The van der Waals surface area contributed by atoms with Gasteiger partial charge in [-0.1, -0.05) is 12.1 Å². The SMILES string of the molecule is COc1ccccc1NCC(=O)N1CC(CN)CC1C. The fourth-order valence-electron chi connectivity index (χ4n) is 2.72. The molecule has 1 aromatic rings. The Morgan fingerprint density at radius 2 is 2.25 bits per heavy atom. The second-order valence-corrected chi connectivity index (χ2v) is 5.29. The third-order valence-corrected chi connectivity index (χ3v) is 3.85. The molecule has 0 spiro atoms. The van der Waals surface area contributed by atoms with Crippen molar-refractivity contribution in [1.29, 1.82) is 0 Å². The summed E-state index contributed by atoms with van der Waals surface area (Å²) < 4.78 is 5.25. The van der Waals surface area contributed by atoms with Gasteiger partial charge in [-0.05, 0) is 37.9 Å². The normalized spacial score (nSPS) is 21.9. The summed E-state index contributed by atoms with van der Waals surface area (Å²) in [4.78, 5) is 14.2. The highest BCUT2D eigenvalue weighted by Gasteiger charge is 2.31. The van der Waals surface area contributed by atoms with Crippen LogP contribution in [-0.2, 0) is 4.79 Å². The standard InChI is InChI=1S/C15H23N3O2/c1-11-7-12(8-16)10-18(11)15(19)9-17-13-5-3-4-6-14(13)20-2/h3-6,11-12,17H,7-10,16H2,1-2H3. The van der Waals surface area contributed by atoms with Crippen LogP contribution in [0, 0.1) is 5.92 Å². The van der Waals surface area contributed by atoms with E-state index in [9.17, 15) is 4.79 Å². The molecule has 5 nitrogen and oxygen atoms in total. The number of carbonyl (C=O) groups is 1. The van der Waals surface area contributed by atoms with Crippen molar-refractivity contribution in [1.82, 2.24) is 4.90 Å². The lowest BCUT2D eigenvalue weighted by Gasteiger charge is -2.22. The lowest BCUT2D eigenvalue weighted by atomic mass is 10.1. The van der Waals surface area contributed by atoms with Crippen molar-refractivity contribution in [3.05, 3.63) is 24.3 Å². The Bertz CT molecular complexity index is 464. The average molecular weight is 277 g/mol. The van der Waals surface area contributed by atoms with E-state index in [0.717, 1.165) is 24.4 Å². The average Bonchev–Trinajstić information content (AvgIpc) is 2.86. The largest absolute Gasteiger partial charge is 0.495 e. The van der Waals surface area contributed by atoms with Crippen LogP contribution in [0.2, 0.25) is 0 Å². The van der Waals surface area contributed by atoms with Crippen LogP contribution in [0.5, 0.6) is 5.75 Å². The molecular weight excluding hydrogens is 254 g/mol. The first kappa shape index (κ1) is 14.7. The van der Waals surface area contributed by atoms with Crippen molar-refractivity contribution in [2.75, 3.05) is 32.1 Å². The molecule has 0 bridgehead atoms. The van der Waals surface area contributed by atoms with Crippen molar-refractivity contribution in [3.8, 4) is 5.75 Å². The van der Waals surface area contributed by atoms with Gasteiger partial charge in [-0.15, -0.1) is 0 Å². The lowest BCUT2D eigenvalue weighted by Crippen LogP contribution is -2.38. The summed E-state index contributed by atoms with van der Waals surface area (Å²) >= 11 is 0.